The van der Waals surface area contributed by atoms with E-state index in [9.17, 15) is 4.79 Å². The van der Waals surface area contributed by atoms with Crippen molar-refractivity contribution in [2.75, 3.05) is 19.2 Å². The number of hydrogen-bond donors (Lipinski definition) is 0. The van der Waals surface area contributed by atoms with Crippen molar-refractivity contribution < 1.29 is 19.0 Å². The van der Waals surface area contributed by atoms with Gasteiger partial charge in [-0.3, -0.25) is 4.99 Å². The smallest absolute Gasteiger partial charge is 0.331 e. The maximum atomic E-state index is 11.6. The van der Waals surface area contributed by atoms with Crippen LogP contribution in [0, 0.1) is 0 Å². The van der Waals surface area contributed by atoms with Crippen molar-refractivity contribution in [1.82, 2.24) is 0 Å². The summed E-state index contributed by atoms with van der Waals surface area (Å²) in [5.41, 5.74) is 0.945. The van der Waals surface area contributed by atoms with Gasteiger partial charge in [-0.05, 0) is 25.1 Å². The second-order valence-electron chi connectivity index (χ2n) is 4.08. The molecule has 5 nitrogen and oxygen atoms in total. The van der Waals surface area contributed by atoms with E-state index in [0.717, 1.165) is 22.1 Å². The van der Waals surface area contributed by atoms with Crippen LogP contribution in [0.4, 0.5) is 0 Å². The monoisotopic (exact) mass is 279 g/mol. The molecule has 0 bridgehead atoms. The third kappa shape index (κ3) is 2.40. The van der Waals surface area contributed by atoms with Gasteiger partial charge >= 0.3 is 5.97 Å². The molecule has 19 heavy (non-hydrogen) atoms. The van der Waals surface area contributed by atoms with E-state index in [-0.39, 0.29) is 12.8 Å². The highest BCUT2D eigenvalue weighted by Gasteiger charge is 2.27. The molecule has 2 aliphatic rings. The van der Waals surface area contributed by atoms with Gasteiger partial charge in [-0.25, -0.2) is 4.79 Å². The predicted octanol–water partition coefficient (Wildman–Crippen LogP) is 1.84. The number of benzene rings is 1. The number of fused-ring (bicyclic) bond motifs is 1. The normalized spacial score (nSPS) is 20.3. The minimum Gasteiger partial charge on any atom is -0.464 e. The number of carbonyl (C=O) groups is 1. The Hall–Kier alpha value is -1.69. The summed E-state index contributed by atoms with van der Waals surface area (Å²) >= 11 is 1.56. The highest BCUT2D eigenvalue weighted by molar-refractivity contribution is 8.14. The van der Waals surface area contributed by atoms with Crippen LogP contribution in [0.15, 0.2) is 23.2 Å². The maximum Gasteiger partial charge on any atom is 0.331 e. The summed E-state index contributed by atoms with van der Waals surface area (Å²) in [6.45, 7) is 2.43. The molecule has 0 aromatic heterocycles. The predicted molar refractivity (Wildman–Crippen MR) is 72.0 cm³/mol. The largest absolute Gasteiger partial charge is 0.464 e. The Labute approximate surface area is 114 Å². The fourth-order valence-corrected chi connectivity index (χ4v) is 2.94. The van der Waals surface area contributed by atoms with E-state index in [2.05, 4.69) is 4.99 Å². The number of hydrogen-bond acceptors (Lipinski definition) is 6. The first-order valence-electron chi connectivity index (χ1n) is 6.05. The molecule has 3 rings (SSSR count). The summed E-state index contributed by atoms with van der Waals surface area (Å²) in [5, 5.41) is 0.844. The van der Waals surface area contributed by atoms with Crippen LogP contribution in [0.2, 0.25) is 0 Å². The SMILES string of the molecule is CCOC(=O)C1CSC(c2ccc3c(c2)OCO3)=N1. The Balaban J connectivity index is 1.79. The Morgan fingerprint density at radius 2 is 2.32 bits per heavy atom. The standard InChI is InChI=1S/C13H13NO4S/c1-2-16-13(15)9-6-19-12(14-9)8-3-4-10-11(5-8)18-7-17-10/h3-5,9H,2,6-7H2,1H3. The molecule has 0 aliphatic carbocycles. The highest BCUT2D eigenvalue weighted by atomic mass is 32.2. The molecule has 0 radical (unpaired) electrons. The molecule has 1 aromatic rings. The van der Waals surface area contributed by atoms with Gasteiger partial charge in [0.15, 0.2) is 17.5 Å². The molecule has 100 valence electrons. The zero-order valence-corrected chi connectivity index (χ0v) is 11.2. The molecular formula is C13H13NO4S. The van der Waals surface area contributed by atoms with E-state index < -0.39 is 6.04 Å². The Morgan fingerprint density at radius 1 is 1.47 bits per heavy atom. The summed E-state index contributed by atoms with van der Waals surface area (Å²) < 4.78 is 15.6. The van der Waals surface area contributed by atoms with Crippen LogP contribution < -0.4 is 9.47 Å². The van der Waals surface area contributed by atoms with Gasteiger partial charge < -0.3 is 14.2 Å². The van der Waals surface area contributed by atoms with Crippen LogP contribution in [0.3, 0.4) is 0 Å². The quantitative estimate of drug-likeness (QED) is 0.790. The number of carbonyl (C=O) groups excluding carboxylic acids is 1. The lowest BCUT2D eigenvalue weighted by Gasteiger charge is -2.03. The second-order valence-corrected chi connectivity index (χ2v) is 5.09. The minimum atomic E-state index is -0.398. The Kier molecular flexibility index (Phi) is 3.33. The Morgan fingerprint density at radius 3 is 3.16 bits per heavy atom. The molecule has 1 atom stereocenters. The summed E-state index contributed by atoms with van der Waals surface area (Å²) in [7, 11) is 0. The van der Waals surface area contributed by atoms with Gasteiger partial charge in [0.05, 0.1) is 11.7 Å². The molecule has 2 aliphatic heterocycles. The number of esters is 1. The molecule has 0 saturated carbocycles. The summed E-state index contributed by atoms with van der Waals surface area (Å²) in [5.74, 6) is 1.84. The second kappa shape index (κ2) is 5.13. The lowest BCUT2D eigenvalue weighted by molar-refractivity contribution is -0.143. The van der Waals surface area contributed by atoms with Gasteiger partial charge in [0.25, 0.3) is 0 Å². The van der Waals surface area contributed by atoms with Crippen LogP contribution >= 0.6 is 11.8 Å². The Bertz CT molecular complexity index is 543. The van der Waals surface area contributed by atoms with Crippen molar-refractivity contribution in [1.29, 1.82) is 0 Å². The van der Waals surface area contributed by atoms with Gasteiger partial charge in [0.2, 0.25) is 6.79 Å². The third-order valence-corrected chi connectivity index (χ3v) is 3.93. The van der Waals surface area contributed by atoms with E-state index in [4.69, 9.17) is 14.2 Å². The molecule has 0 amide bonds. The van der Waals surface area contributed by atoms with Crippen molar-refractivity contribution in [3.63, 3.8) is 0 Å². The zero-order valence-electron chi connectivity index (χ0n) is 10.4. The molecule has 2 heterocycles. The van der Waals surface area contributed by atoms with Gasteiger partial charge in [-0.2, -0.15) is 0 Å². The first-order chi connectivity index (χ1) is 9.28. The number of rotatable bonds is 3. The van der Waals surface area contributed by atoms with Crippen LogP contribution in [0.25, 0.3) is 0 Å². The first kappa shape index (κ1) is 12.3. The van der Waals surface area contributed by atoms with Crippen molar-refractivity contribution in [2.24, 2.45) is 4.99 Å². The highest BCUT2D eigenvalue weighted by Crippen LogP contribution is 2.35. The molecule has 1 aromatic carbocycles. The van der Waals surface area contributed by atoms with Crippen molar-refractivity contribution >= 4 is 22.8 Å². The van der Waals surface area contributed by atoms with Gasteiger partial charge in [0, 0.05) is 11.3 Å². The topological polar surface area (TPSA) is 57.1 Å². The van der Waals surface area contributed by atoms with Crippen LogP contribution in [-0.4, -0.2) is 36.2 Å². The molecule has 6 heteroatoms. The van der Waals surface area contributed by atoms with Crippen molar-refractivity contribution in [2.45, 2.75) is 13.0 Å². The van der Waals surface area contributed by atoms with Crippen LogP contribution in [-0.2, 0) is 9.53 Å². The fourth-order valence-electron chi connectivity index (χ4n) is 1.92. The molecule has 1 unspecified atom stereocenters. The molecule has 0 spiro atoms. The molecule has 0 fully saturated rings. The average molecular weight is 279 g/mol. The first-order valence-corrected chi connectivity index (χ1v) is 7.03. The van der Waals surface area contributed by atoms with Gasteiger partial charge in [-0.1, -0.05) is 0 Å². The minimum absolute atomic E-state index is 0.254. The van der Waals surface area contributed by atoms with E-state index in [1.807, 2.05) is 18.2 Å². The summed E-state index contributed by atoms with van der Waals surface area (Å²) in [4.78, 5) is 16.0. The van der Waals surface area contributed by atoms with Crippen LogP contribution in [0.5, 0.6) is 11.5 Å². The molecular weight excluding hydrogens is 266 g/mol. The summed E-state index contributed by atoms with van der Waals surface area (Å²) in [6, 6.07) is 5.28. The van der Waals surface area contributed by atoms with Crippen molar-refractivity contribution in [3.05, 3.63) is 23.8 Å². The average Bonchev–Trinajstić information content (AvgIpc) is 3.07. The fraction of sp³-hybridized carbons (Fsp3) is 0.385. The number of aliphatic imine (C=N–C) groups is 1. The molecule has 0 N–H and O–H groups in total. The number of thioether (sulfide) groups is 1. The van der Waals surface area contributed by atoms with E-state index >= 15 is 0 Å². The van der Waals surface area contributed by atoms with Gasteiger partial charge in [-0.15, -0.1) is 11.8 Å². The lowest BCUT2D eigenvalue weighted by Crippen LogP contribution is -2.21. The van der Waals surface area contributed by atoms with E-state index in [1.54, 1.807) is 18.7 Å². The maximum absolute atomic E-state index is 11.6. The van der Waals surface area contributed by atoms with E-state index in [1.165, 1.54) is 0 Å². The zero-order chi connectivity index (χ0) is 13.2. The van der Waals surface area contributed by atoms with Crippen LogP contribution in [0.1, 0.15) is 12.5 Å². The van der Waals surface area contributed by atoms with Gasteiger partial charge in [0.1, 0.15) is 0 Å². The molecule has 0 saturated heterocycles. The lowest BCUT2D eigenvalue weighted by atomic mass is 10.2. The third-order valence-electron chi connectivity index (χ3n) is 2.83. The van der Waals surface area contributed by atoms with E-state index in [0.29, 0.717) is 12.4 Å². The van der Waals surface area contributed by atoms with Crippen molar-refractivity contribution in [3.8, 4) is 11.5 Å². The number of ether oxygens (including phenoxy) is 3. The summed E-state index contributed by atoms with van der Waals surface area (Å²) in [6.07, 6.45) is 0. The number of nitrogens with zero attached hydrogens (tertiary/aromatic N) is 1.